The second-order valence-electron chi connectivity index (χ2n) is 8.25. The number of benzene rings is 4. The van der Waals surface area contributed by atoms with Gasteiger partial charge in [0.1, 0.15) is 11.5 Å². The summed E-state index contributed by atoms with van der Waals surface area (Å²) in [5, 5.41) is 1.17. The lowest BCUT2D eigenvalue weighted by atomic mass is 9.95. The second-order valence-corrected chi connectivity index (χ2v) is 9.06. The highest BCUT2D eigenvalue weighted by molar-refractivity contribution is 6.39. The van der Waals surface area contributed by atoms with Crippen LogP contribution in [0.5, 0.6) is 11.5 Å². The molecule has 0 unspecified atom stereocenters. The standard InChI is InChI=1S/C28H26BCl2NO3/c1-19-13-15-23(17-25(19)30)33-29(34-24-16-14-20(2)26(31)18-24)35-28(22-11-7-4-8-12-22)27(32)21-9-5-3-6-10-21/h3-18,27-28H,32H2,1-2H3/t27-,28+/m1/s1. The zero-order valence-electron chi connectivity index (χ0n) is 19.5. The van der Waals surface area contributed by atoms with Gasteiger partial charge in [-0.05, 0) is 60.4 Å². The molecule has 0 aliphatic heterocycles. The van der Waals surface area contributed by atoms with Gasteiger partial charge in [-0.1, -0.05) is 96.0 Å². The summed E-state index contributed by atoms with van der Waals surface area (Å²) < 4.78 is 18.7. The Morgan fingerprint density at radius 3 is 1.57 bits per heavy atom. The number of hydrogen-bond acceptors (Lipinski definition) is 4. The van der Waals surface area contributed by atoms with Gasteiger partial charge in [0.05, 0.1) is 12.1 Å². The van der Waals surface area contributed by atoms with Gasteiger partial charge < -0.3 is 19.7 Å². The summed E-state index contributed by atoms with van der Waals surface area (Å²) in [4.78, 5) is 0. The van der Waals surface area contributed by atoms with Crippen molar-refractivity contribution in [3.8, 4) is 11.5 Å². The molecule has 4 aromatic rings. The van der Waals surface area contributed by atoms with Gasteiger partial charge in [0.25, 0.3) is 0 Å². The van der Waals surface area contributed by atoms with Crippen molar-refractivity contribution in [2.24, 2.45) is 5.73 Å². The molecule has 2 atom stereocenters. The molecular weight excluding hydrogens is 480 g/mol. The molecule has 35 heavy (non-hydrogen) atoms. The highest BCUT2D eigenvalue weighted by atomic mass is 35.5. The normalized spacial score (nSPS) is 12.6. The van der Waals surface area contributed by atoms with E-state index in [0.717, 1.165) is 22.3 Å². The van der Waals surface area contributed by atoms with Crippen LogP contribution in [0.2, 0.25) is 10.0 Å². The lowest BCUT2D eigenvalue weighted by Crippen LogP contribution is -2.38. The Labute approximate surface area is 216 Å². The fourth-order valence-electron chi connectivity index (χ4n) is 3.58. The van der Waals surface area contributed by atoms with Crippen LogP contribution in [-0.4, -0.2) is 7.32 Å². The molecule has 4 rings (SSSR count). The first-order chi connectivity index (χ1) is 16.9. The molecule has 7 heteroatoms. The Bertz CT molecular complexity index is 1200. The molecule has 4 nitrogen and oxygen atoms in total. The molecule has 0 spiro atoms. The molecule has 2 N–H and O–H groups in total. The van der Waals surface area contributed by atoms with Crippen molar-refractivity contribution in [3.05, 3.63) is 129 Å². The van der Waals surface area contributed by atoms with E-state index in [1.165, 1.54) is 0 Å². The first-order valence-corrected chi connectivity index (χ1v) is 12.0. The fraction of sp³-hybridized carbons (Fsp3) is 0.143. The Morgan fingerprint density at radius 1 is 0.657 bits per heavy atom. The van der Waals surface area contributed by atoms with Gasteiger partial charge >= 0.3 is 7.32 Å². The van der Waals surface area contributed by atoms with E-state index in [4.69, 9.17) is 42.9 Å². The molecule has 0 heterocycles. The number of halogens is 2. The summed E-state index contributed by atoms with van der Waals surface area (Å²) in [6.07, 6.45) is -0.564. The monoisotopic (exact) mass is 505 g/mol. The van der Waals surface area contributed by atoms with Gasteiger partial charge in [-0.2, -0.15) is 0 Å². The van der Waals surface area contributed by atoms with Crippen LogP contribution in [0.1, 0.15) is 34.4 Å². The predicted octanol–water partition coefficient (Wildman–Crippen LogP) is 7.51. The van der Waals surface area contributed by atoms with Crippen LogP contribution in [0.25, 0.3) is 0 Å². The van der Waals surface area contributed by atoms with Crippen LogP contribution in [0.15, 0.2) is 97.1 Å². The molecule has 0 saturated carbocycles. The molecular formula is C28H26BCl2NO3. The van der Waals surface area contributed by atoms with Crippen molar-refractivity contribution in [1.29, 1.82) is 0 Å². The third-order valence-electron chi connectivity index (χ3n) is 5.65. The lowest BCUT2D eigenvalue weighted by Gasteiger charge is -2.28. The number of rotatable bonds is 9. The van der Waals surface area contributed by atoms with Crippen LogP contribution < -0.4 is 15.0 Å². The highest BCUT2D eigenvalue weighted by Crippen LogP contribution is 2.33. The first-order valence-electron chi connectivity index (χ1n) is 11.3. The Kier molecular flexibility index (Phi) is 8.37. The van der Waals surface area contributed by atoms with E-state index >= 15 is 0 Å². The third-order valence-corrected chi connectivity index (χ3v) is 6.46. The molecule has 0 aromatic heterocycles. The molecule has 0 aliphatic carbocycles. The smallest absolute Gasteiger partial charge is 0.501 e. The molecule has 0 bridgehead atoms. The van der Waals surface area contributed by atoms with Crippen molar-refractivity contribution in [3.63, 3.8) is 0 Å². The van der Waals surface area contributed by atoms with Crippen LogP contribution in [-0.2, 0) is 4.65 Å². The van der Waals surface area contributed by atoms with Crippen molar-refractivity contribution in [2.75, 3.05) is 0 Å². The summed E-state index contributed by atoms with van der Waals surface area (Å²) >= 11 is 12.7. The maximum absolute atomic E-state index is 6.72. The zero-order chi connectivity index (χ0) is 24.8. The minimum Gasteiger partial charge on any atom is -0.501 e. The van der Waals surface area contributed by atoms with Gasteiger partial charge in [-0.25, -0.2) is 0 Å². The van der Waals surface area contributed by atoms with Crippen molar-refractivity contribution in [1.82, 2.24) is 0 Å². The zero-order valence-corrected chi connectivity index (χ0v) is 21.0. The molecule has 0 radical (unpaired) electrons. The number of aryl methyl sites for hydroxylation is 2. The minimum absolute atomic E-state index is 0.475. The van der Waals surface area contributed by atoms with Gasteiger partial charge in [0.2, 0.25) is 0 Å². The fourth-order valence-corrected chi connectivity index (χ4v) is 3.92. The Balaban J connectivity index is 1.68. The van der Waals surface area contributed by atoms with E-state index < -0.39 is 19.5 Å². The van der Waals surface area contributed by atoms with Crippen LogP contribution >= 0.6 is 23.2 Å². The van der Waals surface area contributed by atoms with Gasteiger partial charge in [-0.3, -0.25) is 0 Å². The second kappa shape index (κ2) is 11.7. The maximum atomic E-state index is 6.72. The highest BCUT2D eigenvalue weighted by Gasteiger charge is 2.35. The van der Waals surface area contributed by atoms with Gasteiger partial charge in [0, 0.05) is 10.0 Å². The number of hydrogen-bond donors (Lipinski definition) is 1. The summed E-state index contributed by atoms with van der Waals surface area (Å²) in [6.45, 7) is 3.85. The summed E-state index contributed by atoms with van der Waals surface area (Å²) in [5.74, 6) is 1.01. The van der Waals surface area contributed by atoms with E-state index in [9.17, 15) is 0 Å². The first kappa shape index (κ1) is 25.1. The topological polar surface area (TPSA) is 53.7 Å². The molecule has 0 aliphatic rings. The average molecular weight is 506 g/mol. The summed E-state index contributed by atoms with van der Waals surface area (Å²) in [5.41, 5.74) is 10.4. The van der Waals surface area contributed by atoms with E-state index in [2.05, 4.69) is 0 Å². The third kappa shape index (κ3) is 6.59. The molecule has 178 valence electrons. The van der Waals surface area contributed by atoms with E-state index in [1.807, 2.05) is 98.8 Å². The quantitative estimate of drug-likeness (QED) is 0.239. The predicted molar refractivity (Wildman–Crippen MR) is 143 cm³/mol. The summed E-state index contributed by atoms with van der Waals surface area (Å²) in [7, 11) is -1.13. The average Bonchev–Trinajstić information content (AvgIpc) is 2.87. The Morgan fingerprint density at radius 2 is 1.11 bits per heavy atom. The minimum atomic E-state index is -1.13. The molecule has 0 fully saturated rings. The van der Waals surface area contributed by atoms with Crippen LogP contribution in [0, 0.1) is 13.8 Å². The van der Waals surface area contributed by atoms with Crippen LogP contribution in [0.3, 0.4) is 0 Å². The van der Waals surface area contributed by atoms with Crippen molar-refractivity contribution in [2.45, 2.75) is 26.0 Å². The van der Waals surface area contributed by atoms with Gasteiger partial charge in [-0.15, -0.1) is 0 Å². The molecule has 4 aromatic carbocycles. The van der Waals surface area contributed by atoms with E-state index in [-0.39, 0.29) is 0 Å². The Hall–Kier alpha value is -2.96. The largest absolute Gasteiger partial charge is 0.788 e. The van der Waals surface area contributed by atoms with Crippen molar-refractivity contribution >= 4 is 30.5 Å². The maximum Gasteiger partial charge on any atom is 0.788 e. The molecule has 0 saturated heterocycles. The van der Waals surface area contributed by atoms with Crippen LogP contribution in [0.4, 0.5) is 0 Å². The molecule has 0 amide bonds. The van der Waals surface area contributed by atoms with E-state index in [1.54, 1.807) is 12.1 Å². The lowest BCUT2D eigenvalue weighted by molar-refractivity contribution is 0.109. The van der Waals surface area contributed by atoms with Gasteiger partial charge in [0.15, 0.2) is 0 Å². The number of nitrogens with two attached hydrogens (primary N) is 1. The van der Waals surface area contributed by atoms with E-state index in [0.29, 0.717) is 21.5 Å². The SMILES string of the molecule is Cc1ccc(OB(Oc2ccc(C)c(Cl)c2)O[C@@H](c2ccccc2)[C@H](N)c2ccccc2)cc1Cl. The summed E-state index contributed by atoms with van der Waals surface area (Å²) in [6, 6.07) is 29.9. The van der Waals surface area contributed by atoms with Crippen molar-refractivity contribution < 1.29 is 14.0 Å².